The van der Waals surface area contributed by atoms with Crippen molar-refractivity contribution in [2.45, 2.75) is 44.6 Å². The summed E-state index contributed by atoms with van der Waals surface area (Å²) >= 11 is 1.40. The fourth-order valence-electron chi connectivity index (χ4n) is 2.51. The Morgan fingerprint density at radius 3 is 2.63 bits per heavy atom. The van der Waals surface area contributed by atoms with Crippen LogP contribution in [-0.2, 0) is 0 Å². The van der Waals surface area contributed by atoms with E-state index >= 15 is 0 Å². The lowest BCUT2D eigenvalue weighted by atomic mass is 9.93. The molecule has 5 nitrogen and oxygen atoms in total. The number of carbonyl (C=O) groups excluding carboxylic acids is 1. The van der Waals surface area contributed by atoms with E-state index in [2.05, 4.69) is 10.3 Å². The summed E-state index contributed by atoms with van der Waals surface area (Å²) in [4.78, 5) is 19.2. The molecule has 1 saturated heterocycles. The van der Waals surface area contributed by atoms with Gasteiger partial charge in [-0.15, -0.1) is 0 Å². The van der Waals surface area contributed by atoms with Crippen LogP contribution in [0.4, 0.5) is 10.9 Å². The molecule has 19 heavy (non-hydrogen) atoms. The van der Waals surface area contributed by atoms with Crippen LogP contribution < -0.4 is 11.1 Å². The number of anilines is 2. The second kappa shape index (κ2) is 5.36. The van der Waals surface area contributed by atoms with Gasteiger partial charge in [0.05, 0.1) is 0 Å². The molecular weight excluding hydrogens is 260 g/mol. The SMILES string of the molecule is Nc1nc(NC2CCC2)sc1C(=O)N1CCCCC1. The van der Waals surface area contributed by atoms with Gasteiger partial charge < -0.3 is 16.0 Å². The number of hydrogen-bond acceptors (Lipinski definition) is 5. The van der Waals surface area contributed by atoms with Gasteiger partial charge in [-0.25, -0.2) is 4.98 Å². The maximum absolute atomic E-state index is 12.4. The Morgan fingerprint density at radius 2 is 2.00 bits per heavy atom. The fraction of sp³-hybridized carbons (Fsp3) is 0.692. The highest BCUT2D eigenvalue weighted by Gasteiger charge is 2.25. The molecule has 0 spiro atoms. The van der Waals surface area contributed by atoms with Crippen molar-refractivity contribution in [2.75, 3.05) is 24.1 Å². The number of thiazole rings is 1. The Morgan fingerprint density at radius 1 is 1.26 bits per heavy atom. The first-order valence-electron chi connectivity index (χ1n) is 7.06. The van der Waals surface area contributed by atoms with Crippen LogP contribution in [0.15, 0.2) is 0 Å². The standard InChI is InChI=1S/C13H20N4OS/c14-11-10(12(18)17-7-2-1-3-8-17)19-13(16-11)15-9-5-4-6-9/h9H,1-8,14H2,(H,15,16). The van der Waals surface area contributed by atoms with Crippen molar-refractivity contribution in [1.29, 1.82) is 0 Å². The maximum Gasteiger partial charge on any atom is 0.267 e. The average molecular weight is 280 g/mol. The monoisotopic (exact) mass is 280 g/mol. The minimum atomic E-state index is 0.0522. The summed E-state index contributed by atoms with van der Waals surface area (Å²) in [7, 11) is 0. The summed E-state index contributed by atoms with van der Waals surface area (Å²) < 4.78 is 0. The lowest BCUT2D eigenvalue weighted by molar-refractivity contribution is 0.0730. The highest BCUT2D eigenvalue weighted by atomic mass is 32.1. The van der Waals surface area contributed by atoms with Crippen molar-refractivity contribution in [1.82, 2.24) is 9.88 Å². The lowest BCUT2D eigenvalue weighted by Gasteiger charge is -2.26. The van der Waals surface area contributed by atoms with Crippen molar-refractivity contribution in [3.63, 3.8) is 0 Å². The number of piperidine rings is 1. The van der Waals surface area contributed by atoms with Crippen LogP contribution in [0.1, 0.15) is 48.2 Å². The van der Waals surface area contributed by atoms with E-state index < -0.39 is 0 Å². The first kappa shape index (κ1) is 12.7. The molecule has 1 aromatic rings. The van der Waals surface area contributed by atoms with Crippen molar-refractivity contribution in [3.05, 3.63) is 4.88 Å². The molecule has 3 N–H and O–H groups in total. The molecule has 1 aliphatic carbocycles. The van der Waals surface area contributed by atoms with E-state index in [0.717, 1.165) is 31.1 Å². The zero-order valence-corrected chi connectivity index (χ0v) is 11.8. The minimum absolute atomic E-state index is 0.0522. The molecule has 2 fully saturated rings. The van der Waals surface area contributed by atoms with Crippen LogP contribution in [0.2, 0.25) is 0 Å². The summed E-state index contributed by atoms with van der Waals surface area (Å²) in [6.45, 7) is 1.70. The second-order valence-electron chi connectivity index (χ2n) is 5.36. The van der Waals surface area contributed by atoms with E-state index in [1.54, 1.807) is 0 Å². The Balaban J connectivity index is 1.70. The number of likely N-dealkylation sites (tertiary alicyclic amines) is 1. The zero-order chi connectivity index (χ0) is 13.2. The van der Waals surface area contributed by atoms with Crippen LogP contribution in [0.25, 0.3) is 0 Å². The topological polar surface area (TPSA) is 71.2 Å². The third-order valence-corrected chi connectivity index (χ3v) is 4.91. The van der Waals surface area contributed by atoms with Crippen LogP contribution in [0, 0.1) is 0 Å². The summed E-state index contributed by atoms with van der Waals surface area (Å²) in [5.41, 5.74) is 5.90. The van der Waals surface area contributed by atoms with Gasteiger partial charge in [0.2, 0.25) is 0 Å². The maximum atomic E-state index is 12.4. The minimum Gasteiger partial charge on any atom is -0.382 e. The number of aromatic nitrogens is 1. The number of nitrogens with two attached hydrogens (primary N) is 1. The van der Waals surface area contributed by atoms with Gasteiger partial charge in [0.1, 0.15) is 10.7 Å². The van der Waals surface area contributed by atoms with Crippen LogP contribution in [0.5, 0.6) is 0 Å². The fourth-order valence-corrected chi connectivity index (χ4v) is 3.44. The van der Waals surface area contributed by atoms with E-state index in [-0.39, 0.29) is 5.91 Å². The summed E-state index contributed by atoms with van der Waals surface area (Å²) in [5.74, 6) is 0.429. The average Bonchev–Trinajstić information content (AvgIpc) is 2.75. The molecule has 1 saturated carbocycles. The van der Waals surface area contributed by atoms with E-state index in [1.165, 1.54) is 37.0 Å². The molecule has 2 heterocycles. The predicted octanol–water partition coefficient (Wildman–Crippen LogP) is 2.32. The molecule has 1 aliphatic heterocycles. The summed E-state index contributed by atoms with van der Waals surface area (Å²) in [6, 6.07) is 0.517. The molecule has 1 amide bonds. The smallest absolute Gasteiger partial charge is 0.267 e. The number of carbonyl (C=O) groups is 1. The van der Waals surface area contributed by atoms with Gasteiger partial charge in [0.15, 0.2) is 5.13 Å². The van der Waals surface area contributed by atoms with E-state index in [1.807, 2.05) is 4.90 Å². The normalized spacial score (nSPS) is 20.1. The number of amides is 1. The lowest BCUT2D eigenvalue weighted by Crippen LogP contribution is -2.35. The first-order chi connectivity index (χ1) is 9.24. The van der Waals surface area contributed by atoms with Gasteiger partial charge in [-0.05, 0) is 38.5 Å². The van der Waals surface area contributed by atoms with Crippen LogP contribution in [0.3, 0.4) is 0 Å². The first-order valence-corrected chi connectivity index (χ1v) is 7.88. The van der Waals surface area contributed by atoms with Crippen LogP contribution >= 0.6 is 11.3 Å². The van der Waals surface area contributed by atoms with Gasteiger partial charge in [0.25, 0.3) is 5.91 Å². The molecule has 3 rings (SSSR count). The second-order valence-corrected chi connectivity index (χ2v) is 6.36. The Hall–Kier alpha value is -1.30. The molecule has 6 heteroatoms. The summed E-state index contributed by atoms with van der Waals surface area (Å²) in [6.07, 6.45) is 7.06. The third-order valence-electron chi connectivity index (χ3n) is 3.92. The van der Waals surface area contributed by atoms with Gasteiger partial charge >= 0.3 is 0 Å². The number of rotatable bonds is 3. The number of nitrogens with zero attached hydrogens (tertiary/aromatic N) is 2. The third kappa shape index (κ3) is 2.68. The van der Waals surface area contributed by atoms with E-state index in [9.17, 15) is 4.79 Å². The van der Waals surface area contributed by atoms with Crippen LogP contribution in [-0.4, -0.2) is 34.9 Å². The van der Waals surface area contributed by atoms with Gasteiger partial charge in [0, 0.05) is 19.1 Å². The number of nitrogen functional groups attached to an aromatic ring is 1. The van der Waals surface area contributed by atoms with Crippen molar-refractivity contribution in [2.24, 2.45) is 0 Å². The molecule has 0 aromatic carbocycles. The Labute approximate surface area is 117 Å². The molecule has 0 radical (unpaired) electrons. The highest BCUT2D eigenvalue weighted by molar-refractivity contribution is 7.18. The van der Waals surface area contributed by atoms with Gasteiger partial charge in [-0.3, -0.25) is 4.79 Å². The molecule has 0 unspecified atom stereocenters. The largest absolute Gasteiger partial charge is 0.382 e. The quantitative estimate of drug-likeness (QED) is 0.891. The number of hydrogen-bond donors (Lipinski definition) is 2. The Bertz CT molecular complexity index is 463. The van der Waals surface area contributed by atoms with Crippen molar-refractivity contribution in [3.8, 4) is 0 Å². The zero-order valence-electron chi connectivity index (χ0n) is 11.0. The molecule has 1 aromatic heterocycles. The van der Waals surface area contributed by atoms with Gasteiger partial charge in [-0.1, -0.05) is 11.3 Å². The number of nitrogens with one attached hydrogen (secondary N) is 1. The van der Waals surface area contributed by atoms with Gasteiger partial charge in [-0.2, -0.15) is 0 Å². The Kier molecular flexibility index (Phi) is 3.59. The van der Waals surface area contributed by atoms with Crippen molar-refractivity contribution < 1.29 is 4.79 Å². The predicted molar refractivity (Wildman–Crippen MR) is 77.5 cm³/mol. The highest BCUT2D eigenvalue weighted by Crippen LogP contribution is 2.30. The molecule has 104 valence electrons. The molecule has 0 atom stereocenters. The molecule has 0 bridgehead atoms. The van der Waals surface area contributed by atoms with E-state index in [0.29, 0.717) is 16.7 Å². The molecule has 2 aliphatic rings. The molecular formula is C13H20N4OS. The van der Waals surface area contributed by atoms with Crippen molar-refractivity contribution >= 4 is 28.2 Å². The summed E-state index contributed by atoms with van der Waals surface area (Å²) in [5, 5.41) is 4.15. The van der Waals surface area contributed by atoms with E-state index in [4.69, 9.17) is 5.73 Å².